The Kier molecular flexibility index (Phi) is 5.53. The smallest absolute Gasteiger partial charge is 0.164 e. The number of nitrogens with zero attached hydrogens (tertiary/aromatic N) is 4. The highest BCUT2D eigenvalue weighted by molar-refractivity contribution is 5.97. The van der Waals surface area contributed by atoms with Crippen LogP contribution in [0.15, 0.2) is 122 Å². The molecule has 0 radical (unpaired) electrons. The highest BCUT2D eigenvalue weighted by Gasteiger charge is 2.61. The first-order chi connectivity index (χ1) is 23.7. The number of rotatable bonds is 3. The summed E-state index contributed by atoms with van der Waals surface area (Å²) >= 11 is 0. The number of fused-ring (bicyclic) bond motifs is 5. The molecule has 2 aromatic heterocycles. The van der Waals surface area contributed by atoms with Gasteiger partial charge in [0.15, 0.2) is 17.5 Å². The first-order valence-electron chi connectivity index (χ1n) is 17.6. The third-order valence-electron chi connectivity index (χ3n) is 12.4. The molecule has 230 valence electrons. The maximum Gasteiger partial charge on any atom is 0.164 e. The predicted molar refractivity (Wildman–Crippen MR) is 192 cm³/mol. The van der Waals surface area contributed by atoms with Gasteiger partial charge in [-0.2, -0.15) is 0 Å². The molecule has 0 atom stereocenters. The second kappa shape index (κ2) is 9.90. The Bertz CT molecular complexity index is 2310. The largest absolute Gasteiger partial charge is 0.264 e. The molecule has 4 bridgehead atoms. The zero-order chi connectivity index (χ0) is 31.4. The third-order valence-corrected chi connectivity index (χ3v) is 12.4. The fourth-order valence-electron chi connectivity index (χ4n) is 10.8. The minimum Gasteiger partial charge on any atom is -0.264 e. The van der Waals surface area contributed by atoms with E-state index in [2.05, 4.69) is 115 Å². The summed E-state index contributed by atoms with van der Waals surface area (Å²) in [7, 11) is 0. The lowest BCUT2D eigenvalue weighted by atomic mass is 9.43. The van der Waals surface area contributed by atoms with Gasteiger partial charge in [-0.05, 0) is 112 Å². The van der Waals surface area contributed by atoms with E-state index in [0.717, 1.165) is 39.3 Å². The topological polar surface area (TPSA) is 51.6 Å². The Hall–Kier alpha value is -5.22. The molecular weight excluding hydrogens is 585 g/mol. The van der Waals surface area contributed by atoms with E-state index in [4.69, 9.17) is 19.9 Å². The van der Waals surface area contributed by atoms with E-state index in [-0.39, 0.29) is 5.41 Å². The fraction of sp³-hybridized carbons (Fsp3) is 0.227. The van der Waals surface area contributed by atoms with Crippen LogP contribution in [0, 0.1) is 23.7 Å². The fourth-order valence-corrected chi connectivity index (χ4v) is 10.8. The predicted octanol–water partition coefficient (Wildman–Crippen LogP) is 10.3. The van der Waals surface area contributed by atoms with E-state index in [1.54, 1.807) is 0 Å². The summed E-state index contributed by atoms with van der Waals surface area (Å²) in [5.74, 6) is 5.33. The van der Waals surface area contributed by atoms with Crippen molar-refractivity contribution in [2.45, 2.75) is 37.5 Å². The van der Waals surface area contributed by atoms with Crippen molar-refractivity contribution in [1.29, 1.82) is 0 Å². The molecule has 0 unspecified atom stereocenters. The molecule has 0 aliphatic heterocycles. The summed E-state index contributed by atoms with van der Waals surface area (Å²) in [6.45, 7) is 0. The van der Waals surface area contributed by atoms with Crippen molar-refractivity contribution in [2.24, 2.45) is 23.7 Å². The molecule has 2 heterocycles. The summed E-state index contributed by atoms with van der Waals surface area (Å²) in [6, 6.07) is 39.1. The van der Waals surface area contributed by atoms with Crippen molar-refractivity contribution in [3.63, 3.8) is 0 Å². The highest BCUT2D eigenvalue weighted by atomic mass is 15.0. The summed E-state index contributed by atoms with van der Waals surface area (Å²) in [5, 5.41) is 4.63. The average Bonchev–Trinajstić information content (AvgIpc) is 3.43. The van der Waals surface area contributed by atoms with Crippen molar-refractivity contribution in [3.8, 4) is 45.3 Å². The first-order valence-corrected chi connectivity index (χ1v) is 17.6. The van der Waals surface area contributed by atoms with E-state index in [0.29, 0.717) is 29.3 Å². The van der Waals surface area contributed by atoms with Gasteiger partial charge >= 0.3 is 0 Å². The van der Waals surface area contributed by atoms with Crippen molar-refractivity contribution in [2.75, 3.05) is 0 Å². The monoisotopic (exact) mass is 618 g/mol. The van der Waals surface area contributed by atoms with Crippen LogP contribution in [-0.4, -0.2) is 19.9 Å². The Morgan fingerprint density at radius 3 is 1.71 bits per heavy atom. The van der Waals surface area contributed by atoms with Gasteiger partial charge in [-0.15, -0.1) is 0 Å². The Morgan fingerprint density at radius 2 is 1.06 bits per heavy atom. The maximum atomic E-state index is 5.25. The summed E-state index contributed by atoms with van der Waals surface area (Å²) in [6.07, 6.45) is 11.1. The van der Waals surface area contributed by atoms with Gasteiger partial charge in [-0.3, -0.25) is 4.98 Å². The second-order valence-electron chi connectivity index (χ2n) is 14.7. The standard InChI is InChI=1S/C44H34N4/c1-3-11-33-28(7-1)9-5-13-36(33)42-46-41(47-43(48-42)37-14-6-10-29-8-2-4-12-34(29)37)30-15-16-39-38(24-30)35-17-18-45-25-40(35)44(39)31-20-26-19-27(22-31)23-32(44)21-26/h1-18,24-27,31-32H,19-23H2. The van der Waals surface area contributed by atoms with Gasteiger partial charge in [0.2, 0.25) is 0 Å². The lowest BCUT2D eigenvalue weighted by molar-refractivity contribution is -0.0400. The van der Waals surface area contributed by atoms with Crippen LogP contribution in [0.5, 0.6) is 0 Å². The summed E-state index contributed by atoms with van der Waals surface area (Å²) in [4.78, 5) is 20.4. The minimum atomic E-state index is 0.0895. The lowest BCUT2D eigenvalue weighted by Gasteiger charge is -2.61. The van der Waals surface area contributed by atoms with Gasteiger partial charge in [-0.25, -0.2) is 15.0 Å². The van der Waals surface area contributed by atoms with Crippen LogP contribution in [0.1, 0.15) is 43.2 Å². The van der Waals surface area contributed by atoms with Crippen LogP contribution < -0.4 is 0 Å². The normalized spacial score (nSPS) is 24.8. The van der Waals surface area contributed by atoms with Crippen molar-refractivity contribution in [1.82, 2.24) is 19.9 Å². The van der Waals surface area contributed by atoms with Crippen LogP contribution in [-0.2, 0) is 5.41 Å². The van der Waals surface area contributed by atoms with Crippen LogP contribution in [0.3, 0.4) is 0 Å². The molecule has 1 spiro atoms. The molecule has 4 saturated carbocycles. The van der Waals surface area contributed by atoms with E-state index >= 15 is 0 Å². The SMILES string of the molecule is c1ccc2c(-c3nc(-c4ccc5c(c4)-c4ccncc4C54C5CC6CC(C5)CC4C6)nc(-c4cccc5ccccc45)n3)cccc2c1. The van der Waals surface area contributed by atoms with Crippen LogP contribution in [0.4, 0.5) is 0 Å². The Morgan fingerprint density at radius 1 is 0.479 bits per heavy atom. The van der Waals surface area contributed by atoms with Crippen LogP contribution >= 0.6 is 0 Å². The number of hydrogen-bond donors (Lipinski definition) is 0. The first kappa shape index (κ1) is 26.8. The van der Waals surface area contributed by atoms with Gasteiger partial charge in [-0.1, -0.05) is 97.1 Å². The zero-order valence-corrected chi connectivity index (χ0v) is 26.7. The number of pyridine rings is 1. The quantitative estimate of drug-likeness (QED) is 0.198. The molecule has 4 nitrogen and oxygen atoms in total. The molecule has 5 aromatic carbocycles. The summed E-state index contributed by atoms with van der Waals surface area (Å²) in [5.41, 5.74) is 8.83. The van der Waals surface area contributed by atoms with Crippen molar-refractivity contribution >= 4 is 21.5 Å². The van der Waals surface area contributed by atoms with E-state index in [1.165, 1.54) is 65.1 Å². The van der Waals surface area contributed by atoms with Crippen LogP contribution in [0.2, 0.25) is 0 Å². The van der Waals surface area contributed by atoms with Gasteiger partial charge in [0.1, 0.15) is 0 Å². The number of hydrogen-bond acceptors (Lipinski definition) is 4. The Labute approximate surface area is 280 Å². The molecule has 5 aliphatic carbocycles. The molecule has 0 amide bonds. The van der Waals surface area contributed by atoms with E-state index in [9.17, 15) is 0 Å². The van der Waals surface area contributed by atoms with E-state index in [1.807, 2.05) is 6.20 Å². The molecule has 12 rings (SSSR count). The van der Waals surface area contributed by atoms with Crippen LogP contribution in [0.25, 0.3) is 66.8 Å². The highest BCUT2D eigenvalue weighted by Crippen LogP contribution is 2.69. The van der Waals surface area contributed by atoms with Gasteiger partial charge in [0.25, 0.3) is 0 Å². The molecular formula is C44H34N4. The number of aromatic nitrogens is 4. The van der Waals surface area contributed by atoms with Gasteiger partial charge < -0.3 is 0 Å². The van der Waals surface area contributed by atoms with E-state index < -0.39 is 0 Å². The minimum absolute atomic E-state index is 0.0895. The summed E-state index contributed by atoms with van der Waals surface area (Å²) < 4.78 is 0. The molecule has 48 heavy (non-hydrogen) atoms. The molecule has 5 aliphatic rings. The molecule has 4 fully saturated rings. The third kappa shape index (κ3) is 3.66. The zero-order valence-electron chi connectivity index (χ0n) is 26.7. The van der Waals surface area contributed by atoms with Gasteiger partial charge in [0.05, 0.1) is 0 Å². The molecule has 0 N–H and O–H groups in total. The van der Waals surface area contributed by atoms with Crippen molar-refractivity contribution in [3.05, 3.63) is 133 Å². The molecule has 7 aromatic rings. The molecule has 4 heteroatoms. The van der Waals surface area contributed by atoms with Gasteiger partial charge in [0, 0.05) is 34.5 Å². The van der Waals surface area contributed by atoms with Crippen molar-refractivity contribution < 1.29 is 0 Å². The maximum absolute atomic E-state index is 5.25. The second-order valence-corrected chi connectivity index (χ2v) is 14.7. The number of benzene rings is 5. The average molecular weight is 619 g/mol. The lowest BCUT2D eigenvalue weighted by Crippen LogP contribution is -2.55. The molecule has 0 saturated heterocycles. The Balaban J connectivity index is 1.14.